The Morgan fingerprint density at radius 3 is 2.20 bits per heavy atom. The summed E-state index contributed by atoms with van der Waals surface area (Å²) in [4.78, 5) is 23.4. The minimum absolute atomic E-state index is 0.166. The van der Waals surface area contributed by atoms with E-state index in [0.717, 1.165) is 10.6 Å². The van der Waals surface area contributed by atoms with Gasteiger partial charge in [-0.25, -0.2) is 13.8 Å². The highest BCUT2D eigenvalue weighted by molar-refractivity contribution is 7.92. The smallest absolute Gasteiger partial charge is 0.260 e. The Labute approximate surface area is 184 Å². The first-order chi connectivity index (χ1) is 14.0. The average molecular weight is 471 g/mol. The predicted octanol–water partition coefficient (Wildman–Crippen LogP) is 3.26. The SMILES string of the molecule is CC(=O)Nc1ccc(/C(C)=N/NC(=O)CN(c2ccc(Cl)c(Cl)c2)S(C)(=O)=O)cc1. The second-order valence-electron chi connectivity index (χ2n) is 6.36. The second kappa shape index (κ2) is 9.92. The lowest BCUT2D eigenvalue weighted by molar-refractivity contribution is -0.119. The first-order valence-electron chi connectivity index (χ1n) is 8.61. The molecule has 2 N–H and O–H groups in total. The van der Waals surface area contributed by atoms with Gasteiger partial charge in [0.05, 0.1) is 27.7 Å². The van der Waals surface area contributed by atoms with Gasteiger partial charge in [0.15, 0.2) is 0 Å². The third-order valence-electron chi connectivity index (χ3n) is 3.85. The molecule has 0 aromatic heterocycles. The number of hydrogen-bond donors (Lipinski definition) is 2. The van der Waals surface area contributed by atoms with Crippen molar-refractivity contribution in [1.82, 2.24) is 5.43 Å². The van der Waals surface area contributed by atoms with Crippen LogP contribution in [0.25, 0.3) is 0 Å². The van der Waals surface area contributed by atoms with Crippen molar-refractivity contribution < 1.29 is 18.0 Å². The summed E-state index contributed by atoms with van der Waals surface area (Å²) < 4.78 is 25.2. The van der Waals surface area contributed by atoms with Crippen LogP contribution in [0.1, 0.15) is 19.4 Å². The minimum atomic E-state index is -3.76. The van der Waals surface area contributed by atoms with Crippen LogP contribution < -0.4 is 15.0 Å². The predicted molar refractivity (Wildman–Crippen MR) is 120 cm³/mol. The van der Waals surface area contributed by atoms with E-state index in [1.807, 2.05) is 0 Å². The molecule has 0 bridgehead atoms. The molecule has 0 spiro atoms. The molecule has 2 amide bonds. The molecule has 0 radical (unpaired) electrons. The Morgan fingerprint density at radius 2 is 1.67 bits per heavy atom. The number of hydrogen-bond acceptors (Lipinski definition) is 5. The number of benzene rings is 2. The van der Waals surface area contributed by atoms with Gasteiger partial charge in [0.25, 0.3) is 5.91 Å². The molecule has 0 aliphatic heterocycles. The van der Waals surface area contributed by atoms with Gasteiger partial charge in [0, 0.05) is 12.6 Å². The van der Waals surface area contributed by atoms with Crippen molar-refractivity contribution >= 4 is 62.1 Å². The first-order valence-corrected chi connectivity index (χ1v) is 11.2. The molecule has 0 aliphatic carbocycles. The summed E-state index contributed by atoms with van der Waals surface area (Å²) in [6.45, 7) is 2.60. The molecular formula is C19H20Cl2N4O4S. The molecule has 0 heterocycles. The van der Waals surface area contributed by atoms with Gasteiger partial charge < -0.3 is 5.32 Å². The highest BCUT2D eigenvalue weighted by atomic mass is 35.5. The molecule has 0 saturated carbocycles. The van der Waals surface area contributed by atoms with Crippen LogP contribution in [0.4, 0.5) is 11.4 Å². The van der Waals surface area contributed by atoms with E-state index < -0.39 is 22.5 Å². The van der Waals surface area contributed by atoms with Crippen molar-refractivity contribution in [3.05, 3.63) is 58.1 Å². The zero-order chi connectivity index (χ0) is 22.5. The molecule has 0 saturated heterocycles. The van der Waals surface area contributed by atoms with Gasteiger partial charge in [-0.15, -0.1) is 0 Å². The van der Waals surface area contributed by atoms with E-state index >= 15 is 0 Å². The van der Waals surface area contributed by atoms with Gasteiger partial charge in [-0.2, -0.15) is 5.10 Å². The van der Waals surface area contributed by atoms with Crippen LogP contribution in [0.2, 0.25) is 10.0 Å². The van der Waals surface area contributed by atoms with Crippen molar-refractivity contribution in [3.8, 4) is 0 Å². The summed E-state index contributed by atoms with van der Waals surface area (Å²) in [6.07, 6.45) is 0.980. The second-order valence-corrected chi connectivity index (χ2v) is 9.08. The lowest BCUT2D eigenvalue weighted by Crippen LogP contribution is -2.39. The van der Waals surface area contributed by atoms with Crippen molar-refractivity contribution in [2.45, 2.75) is 13.8 Å². The van der Waals surface area contributed by atoms with E-state index in [2.05, 4.69) is 15.8 Å². The van der Waals surface area contributed by atoms with Crippen LogP contribution in [-0.4, -0.2) is 38.7 Å². The molecule has 11 heteroatoms. The van der Waals surface area contributed by atoms with Gasteiger partial charge in [-0.3, -0.25) is 13.9 Å². The summed E-state index contributed by atoms with van der Waals surface area (Å²) >= 11 is 11.8. The maximum Gasteiger partial charge on any atom is 0.260 e. The van der Waals surface area contributed by atoms with Crippen LogP contribution in [0.5, 0.6) is 0 Å². The number of carbonyl (C=O) groups is 2. The van der Waals surface area contributed by atoms with Crippen molar-refractivity contribution in [3.63, 3.8) is 0 Å². The van der Waals surface area contributed by atoms with E-state index in [4.69, 9.17) is 23.2 Å². The van der Waals surface area contributed by atoms with E-state index in [9.17, 15) is 18.0 Å². The number of hydrazone groups is 1. The normalized spacial score (nSPS) is 11.7. The Bertz CT molecular complexity index is 1090. The topological polar surface area (TPSA) is 108 Å². The fourth-order valence-corrected chi connectivity index (χ4v) is 3.56. The van der Waals surface area contributed by atoms with E-state index in [0.29, 0.717) is 17.0 Å². The molecular weight excluding hydrogens is 451 g/mol. The van der Waals surface area contributed by atoms with Gasteiger partial charge in [0.2, 0.25) is 15.9 Å². The monoisotopic (exact) mass is 470 g/mol. The number of sulfonamides is 1. The zero-order valence-electron chi connectivity index (χ0n) is 16.4. The number of nitrogens with one attached hydrogen (secondary N) is 2. The minimum Gasteiger partial charge on any atom is -0.326 e. The largest absolute Gasteiger partial charge is 0.326 e. The Kier molecular flexibility index (Phi) is 7.83. The number of anilines is 2. The van der Waals surface area contributed by atoms with E-state index in [1.165, 1.54) is 25.1 Å². The average Bonchev–Trinajstić information content (AvgIpc) is 2.65. The molecule has 0 fully saturated rings. The van der Waals surface area contributed by atoms with Crippen LogP contribution >= 0.6 is 23.2 Å². The highest BCUT2D eigenvalue weighted by Gasteiger charge is 2.21. The number of nitrogens with zero attached hydrogens (tertiary/aromatic N) is 2. The summed E-state index contributed by atoms with van der Waals surface area (Å²) in [5, 5.41) is 7.09. The molecule has 0 atom stereocenters. The van der Waals surface area contributed by atoms with Crippen molar-refractivity contribution in [2.24, 2.45) is 5.10 Å². The molecule has 160 valence electrons. The quantitative estimate of drug-likeness (QED) is 0.477. The van der Waals surface area contributed by atoms with E-state index in [-0.39, 0.29) is 21.6 Å². The van der Waals surface area contributed by atoms with Crippen LogP contribution in [0.3, 0.4) is 0 Å². The number of carbonyl (C=O) groups excluding carboxylic acids is 2. The molecule has 2 rings (SSSR count). The highest BCUT2D eigenvalue weighted by Crippen LogP contribution is 2.28. The molecule has 0 unspecified atom stereocenters. The fraction of sp³-hybridized carbons (Fsp3) is 0.211. The zero-order valence-corrected chi connectivity index (χ0v) is 18.8. The molecule has 30 heavy (non-hydrogen) atoms. The number of amides is 2. The van der Waals surface area contributed by atoms with E-state index in [1.54, 1.807) is 31.2 Å². The van der Waals surface area contributed by atoms with Gasteiger partial charge in [-0.05, 0) is 42.8 Å². The van der Waals surface area contributed by atoms with Crippen LogP contribution in [-0.2, 0) is 19.6 Å². The Balaban J connectivity index is 2.11. The number of rotatable bonds is 7. The van der Waals surface area contributed by atoms with Crippen molar-refractivity contribution in [1.29, 1.82) is 0 Å². The van der Waals surface area contributed by atoms with Gasteiger partial charge in [-0.1, -0.05) is 35.3 Å². The third kappa shape index (κ3) is 6.72. The fourth-order valence-electron chi connectivity index (χ4n) is 2.41. The molecule has 0 aliphatic rings. The van der Waals surface area contributed by atoms with Crippen molar-refractivity contribution in [2.75, 3.05) is 22.4 Å². The number of halogens is 2. The standard InChI is InChI=1S/C19H20Cl2N4O4S/c1-12(14-4-6-15(7-5-14)22-13(2)26)23-24-19(27)11-25(30(3,28)29)16-8-9-17(20)18(21)10-16/h4-10H,11H2,1-3H3,(H,22,26)(H,24,27)/b23-12+. The summed E-state index contributed by atoms with van der Waals surface area (Å²) in [5.74, 6) is -0.821. The lowest BCUT2D eigenvalue weighted by Gasteiger charge is -2.21. The first kappa shape index (κ1) is 23.7. The lowest BCUT2D eigenvalue weighted by atomic mass is 10.1. The maximum atomic E-state index is 12.3. The summed E-state index contributed by atoms with van der Waals surface area (Å²) in [5.41, 5.74) is 4.39. The summed E-state index contributed by atoms with van der Waals surface area (Å²) in [6, 6.07) is 11.1. The maximum absolute atomic E-state index is 12.3. The van der Waals surface area contributed by atoms with Crippen LogP contribution in [0.15, 0.2) is 47.6 Å². The third-order valence-corrected chi connectivity index (χ3v) is 5.73. The molecule has 2 aromatic carbocycles. The van der Waals surface area contributed by atoms with Gasteiger partial charge in [0.1, 0.15) is 6.54 Å². The van der Waals surface area contributed by atoms with Crippen LogP contribution in [0, 0.1) is 0 Å². The Hall–Kier alpha value is -2.62. The van der Waals surface area contributed by atoms with Gasteiger partial charge >= 0.3 is 0 Å². The molecule has 2 aromatic rings. The summed E-state index contributed by atoms with van der Waals surface area (Å²) in [7, 11) is -3.76. The Morgan fingerprint density at radius 1 is 1.03 bits per heavy atom. The molecule has 8 nitrogen and oxygen atoms in total.